The van der Waals surface area contributed by atoms with Crippen molar-refractivity contribution in [3.63, 3.8) is 0 Å². The molecule has 6 heteroatoms. The molecular formula is C52H38N4O2. The second-order valence-corrected chi connectivity index (χ2v) is 17.5. The zero-order chi connectivity index (χ0) is 39.8. The van der Waals surface area contributed by atoms with Crippen LogP contribution in [-0.4, -0.2) is 9.13 Å². The van der Waals surface area contributed by atoms with Gasteiger partial charge < -0.3 is 18.0 Å². The number of nitrogens with zero attached hydrogens (tertiary/aromatic N) is 4. The van der Waals surface area contributed by atoms with E-state index in [0.717, 1.165) is 110 Å². The molecule has 0 aliphatic rings. The smallest absolute Gasteiger partial charge is 0.136 e. The Morgan fingerprint density at radius 3 is 1.17 bits per heavy atom. The van der Waals surface area contributed by atoms with Gasteiger partial charge in [-0.3, -0.25) is 0 Å². The van der Waals surface area contributed by atoms with E-state index in [0.29, 0.717) is 11.1 Å². The molecule has 0 amide bonds. The lowest BCUT2D eigenvalue weighted by atomic mass is 9.74. The summed E-state index contributed by atoms with van der Waals surface area (Å²) < 4.78 is 17.5. The highest BCUT2D eigenvalue weighted by Crippen LogP contribution is 2.50. The van der Waals surface area contributed by atoms with Gasteiger partial charge in [0.25, 0.3) is 0 Å². The third-order valence-corrected chi connectivity index (χ3v) is 12.0. The summed E-state index contributed by atoms with van der Waals surface area (Å²) in [6.45, 7) is 12.9. The van der Waals surface area contributed by atoms with Crippen LogP contribution in [0.25, 0.3) is 98.9 Å². The maximum Gasteiger partial charge on any atom is 0.136 e. The molecule has 0 aliphatic carbocycles. The highest BCUT2D eigenvalue weighted by atomic mass is 16.3. The maximum atomic E-state index is 11.6. The van der Waals surface area contributed by atoms with Crippen molar-refractivity contribution in [2.75, 3.05) is 0 Å². The molecule has 0 radical (unpaired) electrons. The molecule has 0 saturated heterocycles. The molecule has 0 N–H and O–H groups in total. The van der Waals surface area contributed by atoms with Gasteiger partial charge in [-0.15, -0.1) is 0 Å². The molecule has 278 valence electrons. The van der Waals surface area contributed by atoms with Crippen LogP contribution < -0.4 is 0 Å². The average molecular weight is 751 g/mol. The number of benzene rings is 7. The molecule has 0 unspecified atom stereocenters. The minimum Gasteiger partial charge on any atom is -0.456 e. The second kappa shape index (κ2) is 11.6. The van der Waals surface area contributed by atoms with Crippen LogP contribution in [0.4, 0.5) is 0 Å². The lowest BCUT2D eigenvalue weighted by molar-refractivity contribution is 0.569. The third kappa shape index (κ3) is 4.40. The molecule has 11 rings (SSSR count). The Bertz CT molecular complexity index is 3440. The van der Waals surface area contributed by atoms with E-state index in [1.54, 1.807) is 0 Å². The second-order valence-electron chi connectivity index (χ2n) is 17.5. The third-order valence-electron chi connectivity index (χ3n) is 12.0. The molecule has 4 heterocycles. The highest BCUT2D eigenvalue weighted by Gasteiger charge is 2.38. The average Bonchev–Trinajstić information content (AvgIpc) is 3.96. The van der Waals surface area contributed by atoms with Crippen LogP contribution in [0.3, 0.4) is 0 Å². The molecule has 58 heavy (non-hydrogen) atoms. The fraction of sp³-hybridized carbons (Fsp3) is 0.154. The Morgan fingerprint density at radius 2 is 0.776 bits per heavy atom. The van der Waals surface area contributed by atoms with Crippen LogP contribution in [0.2, 0.25) is 0 Å². The van der Waals surface area contributed by atoms with Crippen LogP contribution in [0, 0.1) is 22.7 Å². The van der Waals surface area contributed by atoms with Crippen LogP contribution in [-0.2, 0) is 10.8 Å². The number of hydrogen-bond donors (Lipinski definition) is 0. The Kier molecular flexibility index (Phi) is 6.82. The summed E-state index contributed by atoms with van der Waals surface area (Å²) in [6.07, 6.45) is 0. The molecule has 6 nitrogen and oxygen atoms in total. The number of rotatable bonds is 2. The van der Waals surface area contributed by atoms with Gasteiger partial charge in [-0.2, -0.15) is 10.5 Å². The number of hydrogen-bond acceptors (Lipinski definition) is 4. The van der Waals surface area contributed by atoms with Crippen molar-refractivity contribution in [2.45, 2.75) is 52.4 Å². The minimum absolute atomic E-state index is 0.501. The molecule has 0 atom stereocenters. The Morgan fingerprint density at radius 1 is 0.397 bits per heavy atom. The van der Waals surface area contributed by atoms with Crippen molar-refractivity contribution in [2.24, 2.45) is 0 Å². The molecule has 7 aromatic carbocycles. The van der Waals surface area contributed by atoms with Crippen LogP contribution in [0.15, 0.2) is 130 Å². The summed E-state index contributed by atoms with van der Waals surface area (Å²) in [5.74, 6) is 0. The largest absolute Gasteiger partial charge is 0.456 e. The van der Waals surface area contributed by atoms with Crippen molar-refractivity contribution in [3.05, 3.63) is 144 Å². The zero-order valence-electron chi connectivity index (χ0n) is 33.2. The molecule has 0 saturated carbocycles. The van der Waals surface area contributed by atoms with Gasteiger partial charge in [0, 0.05) is 48.7 Å². The molecule has 4 aromatic heterocycles. The van der Waals surface area contributed by atoms with E-state index in [1.165, 1.54) is 0 Å². The summed E-state index contributed by atoms with van der Waals surface area (Å²) in [5.41, 5.74) is 10.2. The van der Waals surface area contributed by atoms with Crippen molar-refractivity contribution >= 4 is 87.5 Å². The van der Waals surface area contributed by atoms with Crippen molar-refractivity contribution in [1.82, 2.24) is 9.13 Å². The zero-order valence-corrected chi connectivity index (χ0v) is 33.2. The lowest BCUT2D eigenvalue weighted by Gasteiger charge is -2.34. The first-order chi connectivity index (χ1) is 28.0. The molecule has 0 bridgehead atoms. The first kappa shape index (κ1) is 34.0. The van der Waals surface area contributed by atoms with Crippen molar-refractivity contribution in [1.29, 1.82) is 10.5 Å². The number of nitriles is 2. The minimum atomic E-state index is -0.588. The van der Waals surface area contributed by atoms with Gasteiger partial charge in [0.2, 0.25) is 0 Å². The predicted octanol–water partition coefficient (Wildman–Crippen LogP) is 14.0. The summed E-state index contributed by atoms with van der Waals surface area (Å²) in [6, 6.07) is 47.1. The molecule has 0 spiro atoms. The maximum absolute atomic E-state index is 11.6. The number of furan rings is 2. The van der Waals surface area contributed by atoms with Crippen LogP contribution >= 0.6 is 0 Å². The summed E-state index contributed by atoms with van der Waals surface area (Å²) >= 11 is 0. The predicted molar refractivity (Wildman–Crippen MR) is 237 cm³/mol. The number of para-hydroxylation sites is 4. The Hall–Kier alpha value is -7.28. The molecule has 11 aromatic rings. The van der Waals surface area contributed by atoms with E-state index in [4.69, 9.17) is 8.83 Å². The van der Waals surface area contributed by atoms with Gasteiger partial charge in [-0.25, -0.2) is 0 Å². The van der Waals surface area contributed by atoms with E-state index in [-0.39, 0.29) is 0 Å². The topological polar surface area (TPSA) is 83.7 Å². The monoisotopic (exact) mass is 750 g/mol. The number of aromatic nitrogens is 2. The SMILES string of the molecule is CC(C)(C)c1c(C#N)c(-n2c3ccccc3c3c4c(ccc32)oc2ccccc24)c(C(C)(C)C)c(-n2c3ccccc3c3c4c(ccc32)oc2ccccc24)c1C#N. The van der Waals surface area contributed by atoms with Gasteiger partial charge in [0.1, 0.15) is 34.5 Å². The summed E-state index contributed by atoms with van der Waals surface area (Å²) in [5, 5.41) is 31.5. The lowest BCUT2D eigenvalue weighted by Crippen LogP contribution is -2.26. The van der Waals surface area contributed by atoms with Gasteiger partial charge in [-0.1, -0.05) is 114 Å². The van der Waals surface area contributed by atoms with Gasteiger partial charge in [0.05, 0.1) is 44.6 Å². The van der Waals surface area contributed by atoms with Crippen molar-refractivity contribution in [3.8, 4) is 23.5 Å². The van der Waals surface area contributed by atoms with Crippen molar-refractivity contribution < 1.29 is 8.83 Å². The summed E-state index contributed by atoms with van der Waals surface area (Å²) in [7, 11) is 0. The van der Waals surface area contributed by atoms with E-state index >= 15 is 0 Å². The van der Waals surface area contributed by atoms with E-state index in [1.807, 2.05) is 24.3 Å². The molecular weight excluding hydrogens is 713 g/mol. The quantitative estimate of drug-likeness (QED) is 0.176. The fourth-order valence-corrected chi connectivity index (χ4v) is 9.88. The van der Waals surface area contributed by atoms with Crippen LogP contribution in [0.5, 0.6) is 0 Å². The highest BCUT2D eigenvalue weighted by molar-refractivity contribution is 6.29. The van der Waals surface area contributed by atoms with Crippen LogP contribution in [0.1, 0.15) is 63.8 Å². The number of fused-ring (bicyclic) bond motifs is 14. The molecule has 0 fully saturated rings. The Balaban J connectivity index is 1.42. The fourth-order valence-electron chi connectivity index (χ4n) is 9.88. The standard InChI is InChI=1S/C52H38N4O2/c1-51(2,3)47-33(27-53)49(55-35-19-11-7-15-29(35)43-37(55)23-25-41-45(43)31-17-9-13-21-39(31)57-41)48(52(4,5)6)50(34(47)28-54)56-36-20-12-8-16-30(36)44-38(56)24-26-42-46(44)32-18-10-14-22-40(32)58-42/h7-26H,1-6H3. The Labute approximate surface area is 334 Å². The first-order valence-corrected chi connectivity index (χ1v) is 19.7. The van der Waals surface area contributed by atoms with Gasteiger partial charge in [0.15, 0.2) is 0 Å². The molecule has 0 aliphatic heterocycles. The van der Waals surface area contributed by atoms with E-state index in [2.05, 4.69) is 160 Å². The first-order valence-electron chi connectivity index (χ1n) is 19.7. The normalized spacial score (nSPS) is 12.6. The van der Waals surface area contributed by atoms with E-state index in [9.17, 15) is 10.5 Å². The van der Waals surface area contributed by atoms with Gasteiger partial charge in [-0.05, 0) is 64.9 Å². The summed E-state index contributed by atoms with van der Waals surface area (Å²) in [4.78, 5) is 0. The van der Waals surface area contributed by atoms with E-state index < -0.39 is 10.8 Å². The van der Waals surface area contributed by atoms with Gasteiger partial charge >= 0.3 is 0 Å².